The lowest BCUT2D eigenvalue weighted by molar-refractivity contribution is -0.385. The monoisotopic (exact) mass is 256 g/mol. The van der Waals surface area contributed by atoms with E-state index in [1.165, 1.54) is 6.07 Å². The summed E-state index contributed by atoms with van der Waals surface area (Å²) in [6.45, 7) is 1.85. The van der Waals surface area contributed by atoms with Crippen LogP contribution in [0.5, 0.6) is 0 Å². The van der Waals surface area contributed by atoms with Gasteiger partial charge < -0.3 is 10.5 Å². The van der Waals surface area contributed by atoms with E-state index in [4.69, 9.17) is 10.5 Å². The number of carbonyl (C=O) groups is 1. The van der Waals surface area contributed by atoms with E-state index in [0.717, 1.165) is 12.1 Å². The lowest BCUT2D eigenvalue weighted by atomic mass is 10.0. The molecule has 0 aliphatic heterocycles. The molecular weight excluding hydrogens is 243 g/mol. The number of carbonyl (C=O) groups excluding carboxylic acids is 1. The van der Waals surface area contributed by atoms with Gasteiger partial charge in [-0.2, -0.15) is 0 Å². The van der Waals surface area contributed by atoms with Gasteiger partial charge in [0.2, 0.25) is 0 Å². The first-order valence-corrected chi connectivity index (χ1v) is 5.30. The predicted octanol–water partition coefficient (Wildman–Crippen LogP) is 1.69. The molecule has 0 unspecified atom stereocenters. The van der Waals surface area contributed by atoms with Crippen molar-refractivity contribution in [3.05, 3.63) is 39.7 Å². The minimum absolute atomic E-state index is 0.106. The van der Waals surface area contributed by atoms with Gasteiger partial charge in [0.05, 0.1) is 24.0 Å². The van der Waals surface area contributed by atoms with E-state index in [1.807, 2.05) is 0 Å². The van der Waals surface area contributed by atoms with E-state index in [0.29, 0.717) is 0 Å². The molecule has 0 amide bonds. The van der Waals surface area contributed by atoms with Crippen molar-refractivity contribution in [1.82, 2.24) is 0 Å². The summed E-state index contributed by atoms with van der Waals surface area (Å²) in [6, 6.07) is 2.15. The van der Waals surface area contributed by atoms with Crippen LogP contribution in [-0.2, 0) is 9.53 Å². The van der Waals surface area contributed by atoms with Gasteiger partial charge in [-0.25, -0.2) is 4.39 Å². The number of benzene rings is 1. The lowest BCUT2D eigenvalue weighted by Gasteiger charge is -2.11. The Morgan fingerprint density at radius 3 is 2.83 bits per heavy atom. The third kappa shape index (κ3) is 3.49. The van der Waals surface area contributed by atoms with Gasteiger partial charge in [0.15, 0.2) is 0 Å². The van der Waals surface area contributed by atoms with E-state index in [-0.39, 0.29) is 18.6 Å². The minimum Gasteiger partial charge on any atom is -0.466 e. The SMILES string of the molecule is CCOC(=O)C[C@@H](N)c1ccc(F)cc1[N+](=O)[O-]. The van der Waals surface area contributed by atoms with Crippen molar-refractivity contribution in [2.24, 2.45) is 5.73 Å². The maximum atomic E-state index is 12.9. The maximum absolute atomic E-state index is 12.9. The Balaban J connectivity index is 2.94. The van der Waals surface area contributed by atoms with E-state index in [9.17, 15) is 19.3 Å². The largest absolute Gasteiger partial charge is 0.466 e. The van der Waals surface area contributed by atoms with E-state index >= 15 is 0 Å². The number of nitrogens with two attached hydrogens (primary N) is 1. The lowest BCUT2D eigenvalue weighted by Crippen LogP contribution is -2.18. The standard InChI is InChI=1S/C11H13FN2O4/c1-2-18-11(15)6-9(13)8-4-3-7(12)5-10(8)14(16)17/h3-5,9H,2,6,13H2,1H3/t9-/m1/s1. The summed E-state index contributed by atoms with van der Waals surface area (Å²) in [6.07, 6.45) is -0.194. The second kappa shape index (κ2) is 6.06. The van der Waals surface area contributed by atoms with Crippen LogP contribution in [0.25, 0.3) is 0 Å². The van der Waals surface area contributed by atoms with E-state index in [1.54, 1.807) is 6.92 Å². The summed E-state index contributed by atoms with van der Waals surface area (Å²) in [5.41, 5.74) is 5.35. The molecule has 6 nitrogen and oxygen atoms in total. The van der Waals surface area contributed by atoms with Crippen molar-refractivity contribution in [3.63, 3.8) is 0 Å². The summed E-state index contributed by atoms with van der Waals surface area (Å²) >= 11 is 0. The Kier molecular flexibility index (Phi) is 4.73. The smallest absolute Gasteiger partial charge is 0.307 e. The van der Waals surface area contributed by atoms with Crippen LogP contribution < -0.4 is 5.73 Å². The fourth-order valence-corrected chi connectivity index (χ4v) is 1.50. The van der Waals surface area contributed by atoms with Gasteiger partial charge in [0.1, 0.15) is 5.82 Å². The van der Waals surface area contributed by atoms with Crippen LogP contribution in [0.2, 0.25) is 0 Å². The first-order chi connectivity index (χ1) is 8.45. The number of hydrogen-bond acceptors (Lipinski definition) is 5. The molecule has 0 heterocycles. The molecule has 2 N–H and O–H groups in total. The van der Waals surface area contributed by atoms with Gasteiger partial charge in [0, 0.05) is 11.6 Å². The van der Waals surface area contributed by atoms with Gasteiger partial charge in [0.25, 0.3) is 5.69 Å². The Hall–Kier alpha value is -2.02. The highest BCUT2D eigenvalue weighted by Crippen LogP contribution is 2.26. The zero-order valence-corrected chi connectivity index (χ0v) is 9.76. The molecule has 0 radical (unpaired) electrons. The van der Waals surface area contributed by atoms with Crippen LogP contribution in [0.15, 0.2) is 18.2 Å². The Morgan fingerprint density at radius 2 is 2.28 bits per heavy atom. The van der Waals surface area contributed by atoms with Crippen molar-refractivity contribution >= 4 is 11.7 Å². The normalized spacial score (nSPS) is 11.9. The van der Waals surface area contributed by atoms with Gasteiger partial charge in [-0.15, -0.1) is 0 Å². The molecule has 1 aromatic carbocycles. The fraction of sp³-hybridized carbons (Fsp3) is 0.364. The number of nitro benzene ring substituents is 1. The number of rotatable bonds is 5. The van der Waals surface area contributed by atoms with Crippen LogP contribution in [0.1, 0.15) is 24.9 Å². The summed E-state index contributed by atoms with van der Waals surface area (Å²) in [7, 11) is 0. The van der Waals surface area contributed by atoms with Crippen LogP contribution >= 0.6 is 0 Å². The zero-order chi connectivity index (χ0) is 13.7. The molecule has 0 fully saturated rings. The molecule has 1 atom stereocenters. The van der Waals surface area contributed by atoms with Gasteiger partial charge >= 0.3 is 5.97 Å². The van der Waals surface area contributed by atoms with Crippen molar-refractivity contribution in [1.29, 1.82) is 0 Å². The number of nitro groups is 1. The topological polar surface area (TPSA) is 95.5 Å². The summed E-state index contributed by atoms with van der Waals surface area (Å²) in [5, 5.41) is 10.8. The molecule has 0 aromatic heterocycles. The number of halogens is 1. The molecule has 0 saturated carbocycles. The second-order valence-corrected chi connectivity index (χ2v) is 3.58. The Labute approximate surface area is 103 Å². The highest BCUT2D eigenvalue weighted by atomic mass is 19.1. The molecule has 18 heavy (non-hydrogen) atoms. The van der Waals surface area contributed by atoms with Crippen molar-refractivity contribution in [2.75, 3.05) is 6.61 Å². The first-order valence-electron chi connectivity index (χ1n) is 5.30. The maximum Gasteiger partial charge on any atom is 0.307 e. The van der Waals surface area contributed by atoms with E-state index < -0.39 is 28.4 Å². The zero-order valence-electron chi connectivity index (χ0n) is 9.76. The average molecular weight is 256 g/mol. The number of nitrogens with zero attached hydrogens (tertiary/aromatic N) is 1. The highest BCUT2D eigenvalue weighted by Gasteiger charge is 2.22. The van der Waals surface area contributed by atoms with Gasteiger partial charge in [-0.1, -0.05) is 0 Å². The van der Waals surface area contributed by atoms with Crippen LogP contribution in [-0.4, -0.2) is 17.5 Å². The fourth-order valence-electron chi connectivity index (χ4n) is 1.50. The van der Waals surface area contributed by atoms with Crippen LogP contribution in [0, 0.1) is 15.9 Å². The van der Waals surface area contributed by atoms with Gasteiger partial charge in [-0.05, 0) is 19.1 Å². The molecule has 0 spiro atoms. The Bertz CT molecular complexity index is 464. The van der Waals surface area contributed by atoms with Crippen molar-refractivity contribution in [3.8, 4) is 0 Å². The minimum atomic E-state index is -0.898. The average Bonchev–Trinajstić information content (AvgIpc) is 2.28. The quantitative estimate of drug-likeness (QED) is 0.491. The van der Waals surface area contributed by atoms with Gasteiger partial charge in [-0.3, -0.25) is 14.9 Å². The predicted molar refractivity (Wildman–Crippen MR) is 61.2 cm³/mol. The number of ether oxygens (including phenoxy) is 1. The summed E-state index contributed by atoms with van der Waals surface area (Å²) in [4.78, 5) is 21.3. The number of esters is 1. The third-order valence-electron chi connectivity index (χ3n) is 2.28. The summed E-state index contributed by atoms with van der Waals surface area (Å²) in [5.74, 6) is -1.28. The van der Waals surface area contributed by atoms with Crippen molar-refractivity contribution < 1.29 is 18.8 Å². The molecule has 0 aliphatic rings. The number of hydrogen-bond donors (Lipinski definition) is 1. The molecule has 7 heteroatoms. The highest BCUT2D eigenvalue weighted by molar-refractivity contribution is 5.70. The first kappa shape index (κ1) is 14.0. The molecule has 0 saturated heterocycles. The van der Waals surface area contributed by atoms with Crippen molar-refractivity contribution in [2.45, 2.75) is 19.4 Å². The molecule has 0 aliphatic carbocycles. The van der Waals surface area contributed by atoms with E-state index in [2.05, 4.69) is 0 Å². The summed E-state index contributed by atoms with van der Waals surface area (Å²) < 4.78 is 17.6. The molecule has 1 rings (SSSR count). The molecule has 98 valence electrons. The second-order valence-electron chi connectivity index (χ2n) is 3.58. The molecule has 0 bridgehead atoms. The third-order valence-corrected chi connectivity index (χ3v) is 2.28. The molecular formula is C11H13FN2O4. The van der Waals surface area contributed by atoms with Crippen LogP contribution in [0.3, 0.4) is 0 Å². The van der Waals surface area contributed by atoms with Crippen LogP contribution in [0.4, 0.5) is 10.1 Å². The Morgan fingerprint density at radius 1 is 1.61 bits per heavy atom. The molecule has 1 aromatic rings.